The maximum absolute atomic E-state index is 12.8. The van der Waals surface area contributed by atoms with E-state index in [1.807, 2.05) is 0 Å². The third-order valence-electron chi connectivity index (χ3n) is 4.04. The number of rotatable bonds is 6. The zero-order chi connectivity index (χ0) is 12.3. The van der Waals surface area contributed by atoms with Crippen molar-refractivity contribution >= 4 is 5.91 Å². The van der Waals surface area contributed by atoms with Crippen LogP contribution < -0.4 is 5.32 Å². The zero-order valence-corrected chi connectivity index (χ0v) is 11.3. The quantitative estimate of drug-likeness (QED) is 0.770. The highest BCUT2D eigenvalue weighted by Crippen LogP contribution is 2.33. The average Bonchev–Trinajstić information content (AvgIpc) is 3.06. The molecule has 1 aliphatic heterocycles. The lowest BCUT2D eigenvalue weighted by Crippen LogP contribution is -2.55. The van der Waals surface area contributed by atoms with Gasteiger partial charge < -0.3 is 10.2 Å². The van der Waals surface area contributed by atoms with Crippen molar-refractivity contribution in [3.63, 3.8) is 0 Å². The van der Waals surface area contributed by atoms with E-state index in [9.17, 15) is 4.79 Å². The lowest BCUT2D eigenvalue weighted by atomic mass is 9.90. The van der Waals surface area contributed by atoms with Crippen molar-refractivity contribution in [1.82, 2.24) is 10.2 Å². The van der Waals surface area contributed by atoms with Crippen LogP contribution in [0.1, 0.15) is 58.8 Å². The predicted octanol–water partition coefficient (Wildman–Crippen LogP) is 2.31. The molecule has 98 valence electrons. The average molecular weight is 238 g/mol. The van der Waals surface area contributed by atoms with Crippen molar-refractivity contribution in [2.45, 2.75) is 70.4 Å². The largest absolute Gasteiger partial charge is 0.338 e. The van der Waals surface area contributed by atoms with Crippen LogP contribution >= 0.6 is 0 Å². The molecule has 2 rings (SSSR count). The Bertz CT molecular complexity index is 267. The summed E-state index contributed by atoms with van der Waals surface area (Å²) < 4.78 is 0. The molecule has 1 aliphatic carbocycles. The lowest BCUT2D eigenvalue weighted by molar-refractivity contribution is -0.138. The van der Waals surface area contributed by atoms with Crippen LogP contribution in [-0.2, 0) is 4.79 Å². The van der Waals surface area contributed by atoms with Gasteiger partial charge in [-0.1, -0.05) is 20.3 Å². The van der Waals surface area contributed by atoms with Crippen LogP contribution in [0, 0.1) is 0 Å². The molecule has 3 heteroatoms. The van der Waals surface area contributed by atoms with Crippen LogP contribution in [0.4, 0.5) is 0 Å². The summed E-state index contributed by atoms with van der Waals surface area (Å²) >= 11 is 0. The normalized spacial score (nSPS) is 28.4. The number of nitrogens with zero attached hydrogens (tertiary/aromatic N) is 1. The second-order valence-electron chi connectivity index (χ2n) is 5.59. The third kappa shape index (κ3) is 2.65. The predicted molar refractivity (Wildman–Crippen MR) is 69.9 cm³/mol. The summed E-state index contributed by atoms with van der Waals surface area (Å²) in [7, 11) is 0. The first kappa shape index (κ1) is 12.9. The summed E-state index contributed by atoms with van der Waals surface area (Å²) in [5.41, 5.74) is -0.216. The molecule has 1 heterocycles. The highest BCUT2D eigenvalue weighted by molar-refractivity contribution is 5.87. The van der Waals surface area contributed by atoms with Gasteiger partial charge in [0.15, 0.2) is 0 Å². The van der Waals surface area contributed by atoms with Crippen LogP contribution in [-0.4, -0.2) is 35.5 Å². The van der Waals surface area contributed by atoms with Crippen molar-refractivity contribution in [3.05, 3.63) is 0 Å². The SMILES string of the molecule is CCCN(C(=O)C1(CCC)CCCN1)C1CC1. The molecule has 3 nitrogen and oxygen atoms in total. The van der Waals surface area contributed by atoms with E-state index in [1.54, 1.807) is 0 Å². The van der Waals surface area contributed by atoms with E-state index in [4.69, 9.17) is 0 Å². The molecule has 1 saturated carbocycles. The summed E-state index contributed by atoms with van der Waals surface area (Å²) in [6, 6.07) is 0.554. The maximum atomic E-state index is 12.8. The summed E-state index contributed by atoms with van der Waals surface area (Å²) in [4.78, 5) is 15.0. The second kappa shape index (κ2) is 5.38. The summed E-state index contributed by atoms with van der Waals surface area (Å²) in [6.07, 6.45) is 7.78. The molecule has 1 amide bonds. The van der Waals surface area contributed by atoms with Gasteiger partial charge in [0.2, 0.25) is 5.91 Å². The topological polar surface area (TPSA) is 32.3 Å². The smallest absolute Gasteiger partial charge is 0.243 e. The van der Waals surface area contributed by atoms with Gasteiger partial charge in [0.05, 0.1) is 5.54 Å². The summed E-state index contributed by atoms with van der Waals surface area (Å²) in [5.74, 6) is 0.390. The van der Waals surface area contributed by atoms with Gasteiger partial charge >= 0.3 is 0 Å². The fourth-order valence-electron chi connectivity index (χ4n) is 3.09. The zero-order valence-electron chi connectivity index (χ0n) is 11.3. The molecule has 2 fully saturated rings. The molecular formula is C14H26N2O. The van der Waals surface area contributed by atoms with Crippen LogP contribution in [0.15, 0.2) is 0 Å². The molecule has 0 aromatic heterocycles. The standard InChI is InChI=1S/C14H26N2O/c1-3-8-14(9-5-10-15-14)13(17)16(11-4-2)12-6-7-12/h12,15H,3-11H2,1-2H3. The molecule has 0 radical (unpaired) electrons. The first-order chi connectivity index (χ1) is 8.23. The molecule has 17 heavy (non-hydrogen) atoms. The van der Waals surface area contributed by atoms with E-state index in [1.165, 1.54) is 12.8 Å². The third-order valence-corrected chi connectivity index (χ3v) is 4.04. The van der Waals surface area contributed by atoms with Crippen LogP contribution in [0.25, 0.3) is 0 Å². The Labute approximate surface area is 105 Å². The molecule has 0 aromatic carbocycles. The minimum absolute atomic E-state index is 0.216. The van der Waals surface area contributed by atoms with E-state index >= 15 is 0 Å². The lowest BCUT2D eigenvalue weighted by Gasteiger charge is -2.34. The first-order valence-corrected chi connectivity index (χ1v) is 7.29. The summed E-state index contributed by atoms with van der Waals surface area (Å²) in [5, 5.41) is 3.50. The van der Waals surface area contributed by atoms with Gasteiger partial charge in [-0.3, -0.25) is 4.79 Å². The molecule has 1 unspecified atom stereocenters. The Morgan fingerprint density at radius 1 is 1.35 bits per heavy atom. The number of hydrogen-bond donors (Lipinski definition) is 1. The number of hydrogen-bond acceptors (Lipinski definition) is 2. The molecule has 0 bridgehead atoms. The Hall–Kier alpha value is -0.570. The van der Waals surface area contributed by atoms with E-state index in [0.29, 0.717) is 11.9 Å². The molecule has 1 saturated heterocycles. The van der Waals surface area contributed by atoms with Gasteiger partial charge in [-0.15, -0.1) is 0 Å². The maximum Gasteiger partial charge on any atom is 0.243 e. The molecular weight excluding hydrogens is 212 g/mol. The van der Waals surface area contributed by atoms with E-state index < -0.39 is 0 Å². The molecule has 0 spiro atoms. The van der Waals surface area contributed by atoms with Crippen molar-refractivity contribution in [3.8, 4) is 0 Å². The molecule has 1 N–H and O–H groups in total. The van der Waals surface area contributed by atoms with Crippen molar-refractivity contribution in [2.24, 2.45) is 0 Å². The van der Waals surface area contributed by atoms with Crippen molar-refractivity contribution < 1.29 is 4.79 Å². The van der Waals surface area contributed by atoms with Gasteiger partial charge in [0, 0.05) is 12.6 Å². The fourth-order valence-corrected chi connectivity index (χ4v) is 3.09. The Kier molecular flexibility index (Phi) is 4.08. The Morgan fingerprint density at radius 2 is 2.12 bits per heavy atom. The van der Waals surface area contributed by atoms with E-state index in [-0.39, 0.29) is 5.54 Å². The molecule has 1 atom stereocenters. The highest BCUT2D eigenvalue weighted by atomic mass is 16.2. The highest BCUT2D eigenvalue weighted by Gasteiger charge is 2.45. The first-order valence-electron chi connectivity index (χ1n) is 7.29. The monoisotopic (exact) mass is 238 g/mol. The molecule has 2 aliphatic rings. The van der Waals surface area contributed by atoms with E-state index in [2.05, 4.69) is 24.1 Å². The van der Waals surface area contributed by atoms with Crippen LogP contribution in [0.2, 0.25) is 0 Å². The number of nitrogens with one attached hydrogen (secondary N) is 1. The second-order valence-corrected chi connectivity index (χ2v) is 5.59. The van der Waals surface area contributed by atoms with Gasteiger partial charge in [-0.05, 0) is 45.1 Å². The summed E-state index contributed by atoms with van der Waals surface area (Å²) in [6.45, 7) is 6.29. The Balaban J connectivity index is 2.08. The van der Waals surface area contributed by atoms with Crippen molar-refractivity contribution in [2.75, 3.05) is 13.1 Å². The van der Waals surface area contributed by atoms with Crippen LogP contribution in [0.5, 0.6) is 0 Å². The van der Waals surface area contributed by atoms with Gasteiger partial charge in [-0.25, -0.2) is 0 Å². The van der Waals surface area contributed by atoms with Gasteiger partial charge in [0.25, 0.3) is 0 Å². The van der Waals surface area contributed by atoms with E-state index in [0.717, 1.165) is 45.2 Å². The van der Waals surface area contributed by atoms with Gasteiger partial charge in [-0.2, -0.15) is 0 Å². The number of carbonyl (C=O) groups excluding carboxylic acids is 1. The number of amides is 1. The fraction of sp³-hybridized carbons (Fsp3) is 0.929. The minimum atomic E-state index is -0.216. The molecule has 0 aromatic rings. The Morgan fingerprint density at radius 3 is 2.59 bits per heavy atom. The van der Waals surface area contributed by atoms with Crippen molar-refractivity contribution in [1.29, 1.82) is 0 Å². The number of carbonyl (C=O) groups is 1. The van der Waals surface area contributed by atoms with Gasteiger partial charge in [0.1, 0.15) is 0 Å². The minimum Gasteiger partial charge on any atom is -0.338 e. The van der Waals surface area contributed by atoms with Crippen LogP contribution in [0.3, 0.4) is 0 Å².